The number of likely N-dealkylation sites (N-methyl/N-ethyl adjacent to an activating group) is 1. The van der Waals surface area contributed by atoms with Crippen LogP contribution >= 0.6 is 11.8 Å². The van der Waals surface area contributed by atoms with Crippen molar-refractivity contribution in [2.24, 2.45) is 0 Å². The van der Waals surface area contributed by atoms with Crippen LogP contribution in [0.3, 0.4) is 0 Å². The molecule has 140 heavy (non-hydrogen) atoms. The zero-order valence-electron chi connectivity index (χ0n) is 81.8. The molecule has 5 aromatic heterocycles. The lowest BCUT2D eigenvalue weighted by Crippen LogP contribution is -2.38. The van der Waals surface area contributed by atoms with E-state index in [1.165, 1.54) is 83.1 Å². The lowest BCUT2D eigenvalue weighted by molar-refractivity contribution is -0.156. The number of rotatable bonds is 40. The smallest absolute Gasteiger partial charge is 0.468 e. The van der Waals surface area contributed by atoms with E-state index in [9.17, 15) is 55.0 Å². The second-order valence-corrected chi connectivity index (χ2v) is 36.3. The van der Waals surface area contributed by atoms with Crippen LogP contribution in [-0.2, 0) is 17.3 Å². The van der Waals surface area contributed by atoms with Gasteiger partial charge in [0.15, 0.2) is 75.1 Å². The second-order valence-electron chi connectivity index (χ2n) is 35.0. The molecule has 1 N–H and O–H groups in total. The molecular weight excluding hydrogens is 1840 g/mol. The van der Waals surface area contributed by atoms with Crippen molar-refractivity contribution >= 4 is 79.3 Å². The number of alkyl halides is 3. The van der Waals surface area contributed by atoms with E-state index in [1.54, 1.807) is 75.5 Å². The van der Waals surface area contributed by atoms with Gasteiger partial charge in [0.25, 0.3) is 0 Å². The number of ketones is 4. The summed E-state index contributed by atoms with van der Waals surface area (Å²) in [6.45, 7) is 33.1. The van der Waals surface area contributed by atoms with Gasteiger partial charge in [0.05, 0.1) is 62.9 Å². The number of aryl methyl sites for hydroxylation is 6. The summed E-state index contributed by atoms with van der Waals surface area (Å²) < 4.78 is 170. The largest absolute Gasteiger partial charge is 0.505 e. The Morgan fingerprint density at radius 2 is 0.736 bits per heavy atom. The number of hydrogen-bond donors (Lipinski definition) is 1. The molecule has 13 aromatic rings. The number of ether oxygens (including phenoxy) is 9. The summed E-state index contributed by atoms with van der Waals surface area (Å²) in [6.07, 6.45) is -0.0389. The van der Waals surface area contributed by atoms with Gasteiger partial charge in [-0.3, -0.25) is 34.0 Å². The Hall–Kier alpha value is -12.6. The number of phenolic OH excluding ortho intramolecular Hbond substituents is 1. The number of carbonyl (C=O) groups excluding carboxylic acids is 4. The van der Waals surface area contributed by atoms with Crippen LogP contribution in [0.1, 0.15) is 214 Å². The molecule has 0 amide bonds. The molecule has 2 fully saturated rings. The third kappa shape index (κ3) is 27.5. The lowest BCUT2D eigenvalue weighted by atomic mass is 9.98. The van der Waals surface area contributed by atoms with Gasteiger partial charge in [-0.05, 0) is 212 Å². The Balaban J connectivity index is 0.000000167. The molecule has 2 aliphatic heterocycles. The average Bonchev–Trinajstić information content (AvgIpc) is 1.49. The molecule has 7 heterocycles. The molecule has 0 radical (unpaired) electrons. The fraction of sp³-hybridized carbons (Fsp3) is 0.425. The third-order valence-electron chi connectivity index (χ3n) is 24.3. The Kier molecular flexibility index (Phi) is 37.5. The van der Waals surface area contributed by atoms with E-state index in [1.807, 2.05) is 76.7 Å². The van der Waals surface area contributed by atoms with Gasteiger partial charge in [-0.25, -0.2) is 37.5 Å². The summed E-state index contributed by atoms with van der Waals surface area (Å²) in [4.78, 5) is 78.1. The van der Waals surface area contributed by atoms with Crippen molar-refractivity contribution in [3.63, 3.8) is 0 Å². The minimum Gasteiger partial charge on any atom is -0.505 e. The Morgan fingerprint density at radius 3 is 1.09 bits per heavy atom. The normalized spacial score (nSPS) is 13.9. The van der Waals surface area contributed by atoms with Gasteiger partial charge >= 0.3 is 12.1 Å². The molecule has 0 saturated carbocycles. The number of morpholine rings is 1. The van der Waals surface area contributed by atoms with Crippen molar-refractivity contribution in [3.8, 4) is 51.7 Å². The number of thioether (sulfide) groups is 1. The number of hydrogen-bond acceptors (Lipinski definition) is 27. The van der Waals surface area contributed by atoms with Crippen molar-refractivity contribution < 1.29 is 115 Å². The van der Waals surface area contributed by atoms with Crippen LogP contribution in [0.25, 0.3) is 44.4 Å². The molecule has 34 heteroatoms. The second kappa shape index (κ2) is 49.5. The first-order valence-corrected chi connectivity index (χ1v) is 47.9. The fourth-order valence-electron chi connectivity index (χ4n) is 16.4. The predicted molar refractivity (Wildman–Crippen MR) is 520 cm³/mol. The Labute approximate surface area is 813 Å². The van der Waals surface area contributed by atoms with Crippen LogP contribution in [0.15, 0.2) is 139 Å². The van der Waals surface area contributed by atoms with Crippen molar-refractivity contribution in [2.75, 3.05) is 137 Å². The minimum atomic E-state index is -4.83. The topological polar surface area (TPSA) is 298 Å². The molecule has 26 nitrogen and oxygen atoms in total. The van der Waals surface area contributed by atoms with Crippen LogP contribution in [0.5, 0.6) is 51.7 Å². The number of nitrogens with zero attached hydrogens (tertiary/aromatic N) is 8. The number of halogens is 7. The molecule has 15 rings (SSSR count). The van der Waals surface area contributed by atoms with Gasteiger partial charge < -0.3 is 70.3 Å². The number of Topliss-reactive ketones (excluding diaryl/α,β-unsaturated/α-hetero) is 4. The standard InChI is InChI=1S/C28H29FN2O4.C27H30F4N2O5.C26H31FN2O5S.C25H31FN2O4/c1-17(21-8-10-22(29)11-9-21)12-15-34-28-26(33-16-13-23-7-5-6-14-30-23)24(19(3)32)18(2)25-27(28)35-20(4)31-25;1-16(19-4-6-20(28)7-5-19)8-12-36-25-23(37-15-11-33-9-13-35-14-10-33)21(18(3)34)17(2)22-24(25)38-26(32-22)27(29,30)31;1-16(19-4-6-20(27)7-5-19)8-12-32-26-24(33-13-9-29-10-14-35-15-11-29)21(17(2)30)23(31)22-25(26)34-18(3)28-22;1-15(19-7-9-20(26)10-8-19)11-13-30-25-23(31-14-12-28(5)6)21(17(3)29)16(2)22-24(25)32-18(4)27-22/h5-11,14,17H,12-13,15-16H2,1-4H3;4-7,16H,8-15H2,1-3H3;4-7,16,31H,8-15H2,1-3H3;7-10,15H,11-14H2,1-6H3. The van der Waals surface area contributed by atoms with Gasteiger partial charge in [-0.1, -0.05) is 82.3 Å². The Bertz CT molecular complexity index is 6380. The fourth-order valence-corrected chi connectivity index (χ4v) is 17.4. The highest BCUT2D eigenvalue weighted by molar-refractivity contribution is 7.99. The van der Waals surface area contributed by atoms with Gasteiger partial charge in [0.2, 0.25) is 45.3 Å². The first-order valence-electron chi connectivity index (χ1n) is 46.7. The maximum Gasteiger partial charge on any atom is 0.468 e. The number of aromatic hydroxyl groups is 1. The van der Waals surface area contributed by atoms with Gasteiger partial charge in [0.1, 0.15) is 65.2 Å². The van der Waals surface area contributed by atoms with Crippen molar-refractivity contribution in [1.82, 2.24) is 39.6 Å². The average molecular weight is 1960 g/mol. The number of pyridine rings is 1. The number of fused-ring (bicyclic) bond motifs is 4. The highest BCUT2D eigenvalue weighted by Gasteiger charge is 2.41. The summed E-state index contributed by atoms with van der Waals surface area (Å²) in [5.74, 6) is 2.01. The van der Waals surface area contributed by atoms with Crippen LogP contribution in [0, 0.1) is 64.8 Å². The molecule has 4 atom stereocenters. The molecule has 2 saturated heterocycles. The third-order valence-corrected chi connectivity index (χ3v) is 25.2. The van der Waals surface area contributed by atoms with Crippen LogP contribution in [0.4, 0.5) is 30.7 Å². The molecule has 0 aliphatic carbocycles. The van der Waals surface area contributed by atoms with Gasteiger partial charge in [-0.15, -0.1) is 0 Å². The van der Waals surface area contributed by atoms with E-state index >= 15 is 0 Å². The molecule has 8 aromatic carbocycles. The zero-order valence-corrected chi connectivity index (χ0v) is 82.7. The van der Waals surface area contributed by atoms with E-state index in [4.69, 9.17) is 60.3 Å². The number of phenols is 1. The number of oxazole rings is 4. The summed E-state index contributed by atoms with van der Waals surface area (Å²) in [7, 11) is 3.91. The SMILES string of the molecule is CC(=O)c1c(OCCN(C)C)c(OCCC(C)c2ccc(F)cc2)c2oc(C)nc2c1C.CC(=O)c1c(OCCN2CCOCC2)c(OCCC(C)c2ccc(F)cc2)c2oc(C(F)(F)F)nc2c1C.CC(=O)c1c(OCCN2CCSCC2)c(OCCC(C)c2ccc(F)cc2)c2oc(C)nc2c1O.CC(=O)c1c(OCCc2ccccn2)c(OCCC(C)c2ccc(F)cc2)c2oc(C)nc2c1C. The first-order chi connectivity index (χ1) is 66.9. The molecular formula is C106H121F7N8O18S. The van der Waals surface area contributed by atoms with E-state index in [2.05, 4.69) is 48.6 Å². The summed E-state index contributed by atoms with van der Waals surface area (Å²) in [6, 6.07) is 31.2. The summed E-state index contributed by atoms with van der Waals surface area (Å²) >= 11 is 1.94. The monoisotopic (exact) mass is 1960 g/mol. The van der Waals surface area contributed by atoms with Crippen LogP contribution < -0.4 is 37.9 Å². The molecule has 0 bridgehead atoms. The maximum absolute atomic E-state index is 13.5. The van der Waals surface area contributed by atoms with Crippen molar-refractivity contribution in [1.29, 1.82) is 0 Å². The predicted octanol–water partition coefficient (Wildman–Crippen LogP) is 22.6. The quantitative estimate of drug-likeness (QED) is 0.0275. The number of aromatic nitrogens is 5. The molecule has 0 spiro atoms. The number of benzene rings is 8. The highest BCUT2D eigenvalue weighted by atomic mass is 32.2. The molecule has 4 unspecified atom stereocenters. The molecule has 748 valence electrons. The van der Waals surface area contributed by atoms with Gasteiger partial charge in [-0.2, -0.15) is 24.9 Å². The van der Waals surface area contributed by atoms with Crippen molar-refractivity contribution in [2.45, 2.75) is 159 Å². The Morgan fingerprint density at radius 1 is 0.414 bits per heavy atom. The van der Waals surface area contributed by atoms with Crippen LogP contribution in [-0.4, -0.2) is 205 Å². The number of carbonyl (C=O) groups is 4. The summed E-state index contributed by atoms with van der Waals surface area (Å²) in [5.41, 5.74) is 9.76. The highest BCUT2D eigenvalue weighted by Crippen LogP contribution is 2.50. The van der Waals surface area contributed by atoms with Gasteiger partial charge in [0, 0.05) is 96.4 Å². The molecule has 2 aliphatic rings. The summed E-state index contributed by atoms with van der Waals surface area (Å²) in [5, 5.41) is 10.8. The minimum absolute atomic E-state index is 0.0324. The van der Waals surface area contributed by atoms with E-state index < -0.39 is 17.9 Å². The zero-order chi connectivity index (χ0) is 101. The first kappa shape index (κ1) is 106. The lowest BCUT2D eigenvalue weighted by Gasteiger charge is -2.26. The van der Waals surface area contributed by atoms with E-state index in [-0.39, 0.29) is 145 Å². The van der Waals surface area contributed by atoms with E-state index in [0.717, 1.165) is 71.2 Å². The maximum atomic E-state index is 13.5. The van der Waals surface area contributed by atoms with E-state index in [0.29, 0.717) is 184 Å². The van der Waals surface area contributed by atoms with Crippen molar-refractivity contribution in [3.05, 3.63) is 235 Å². The van der Waals surface area contributed by atoms with Crippen LogP contribution in [0.2, 0.25) is 0 Å².